The Morgan fingerprint density at radius 3 is 2.56 bits per heavy atom. The van der Waals surface area contributed by atoms with E-state index >= 15 is 0 Å². The molecule has 0 bridgehead atoms. The summed E-state index contributed by atoms with van der Waals surface area (Å²) in [4.78, 5) is 22.6. The van der Waals surface area contributed by atoms with E-state index in [0.29, 0.717) is 19.6 Å². The van der Waals surface area contributed by atoms with Gasteiger partial charge in [0.15, 0.2) is 0 Å². The molecule has 0 fully saturated rings. The molecule has 0 saturated carbocycles. The summed E-state index contributed by atoms with van der Waals surface area (Å²) in [5, 5.41) is 2.60. The van der Waals surface area contributed by atoms with Gasteiger partial charge in [-0.05, 0) is 33.2 Å². The number of amides is 1. The van der Waals surface area contributed by atoms with Gasteiger partial charge in [-0.1, -0.05) is 6.42 Å². The first-order chi connectivity index (χ1) is 7.61. The fourth-order valence-corrected chi connectivity index (χ4v) is 1.25. The van der Waals surface area contributed by atoms with E-state index in [9.17, 15) is 9.59 Å². The molecule has 0 aliphatic carbocycles. The summed E-state index contributed by atoms with van der Waals surface area (Å²) in [5.41, 5.74) is 5.34. The number of unbranched alkanes of at least 4 members (excludes halogenated alkanes) is 2. The van der Waals surface area contributed by atoms with Crippen molar-refractivity contribution in [1.29, 1.82) is 0 Å². The van der Waals surface area contributed by atoms with Crippen molar-refractivity contribution in [2.45, 2.75) is 45.6 Å². The van der Waals surface area contributed by atoms with Gasteiger partial charge in [-0.3, -0.25) is 4.79 Å². The summed E-state index contributed by atoms with van der Waals surface area (Å²) in [7, 11) is 0. The molecule has 0 aromatic heterocycles. The molecule has 0 aliphatic heterocycles. The summed E-state index contributed by atoms with van der Waals surface area (Å²) in [5.74, 6) is -0.504. The van der Waals surface area contributed by atoms with Crippen molar-refractivity contribution >= 4 is 11.9 Å². The fraction of sp³-hybridized carbons (Fsp3) is 0.818. The maximum Gasteiger partial charge on any atom is 0.328 e. The monoisotopic (exact) mass is 230 g/mol. The van der Waals surface area contributed by atoms with Crippen molar-refractivity contribution in [2.75, 3.05) is 13.2 Å². The predicted molar refractivity (Wildman–Crippen MR) is 61.8 cm³/mol. The average Bonchev–Trinajstić information content (AvgIpc) is 2.24. The van der Waals surface area contributed by atoms with Crippen LogP contribution >= 0.6 is 0 Å². The van der Waals surface area contributed by atoms with Gasteiger partial charge in [-0.15, -0.1) is 0 Å². The quantitative estimate of drug-likeness (QED) is 0.472. The molecule has 5 nitrogen and oxygen atoms in total. The molecule has 0 radical (unpaired) electrons. The third kappa shape index (κ3) is 7.23. The van der Waals surface area contributed by atoms with Gasteiger partial charge in [0.1, 0.15) is 6.04 Å². The molecule has 94 valence electrons. The van der Waals surface area contributed by atoms with Gasteiger partial charge >= 0.3 is 5.97 Å². The number of carbonyl (C=O) groups is 2. The van der Waals surface area contributed by atoms with Crippen molar-refractivity contribution in [3.63, 3.8) is 0 Å². The van der Waals surface area contributed by atoms with Crippen LogP contribution in [0.4, 0.5) is 0 Å². The number of nitrogens with one attached hydrogen (secondary N) is 1. The van der Waals surface area contributed by atoms with Crippen LogP contribution in [-0.2, 0) is 14.3 Å². The lowest BCUT2D eigenvalue weighted by Gasteiger charge is -2.12. The number of hydrogen-bond donors (Lipinski definition) is 2. The molecule has 1 amide bonds. The van der Waals surface area contributed by atoms with Crippen molar-refractivity contribution in [3.8, 4) is 0 Å². The molecule has 1 atom stereocenters. The van der Waals surface area contributed by atoms with Crippen LogP contribution in [0.25, 0.3) is 0 Å². The molecular weight excluding hydrogens is 208 g/mol. The van der Waals surface area contributed by atoms with Crippen molar-refractivity contribution in [1.82, 2.24) is 5.32 Å². The van der Waals surface area contributed by atoms with Crippen LogP contribution in [0.5, 0.6) is 0 Å². The summed E-state index contributed by atoms with van der Waals surface area (Å²) in [6.07, 6.45) is 3.11. The smallest absolute Gasteiger partial charge is 0.328 e. The second-order valence-electron chi connectivity index (χ2n) is 3.64. The lowest BCUT2D eigenvalue weighted by Crippen LogP contribution is -2.39. The van der Waals surface area contributed by atoms with E-state index < -0.39 is 12.0 Å². The number of nitrogens with two attached hydrogens (primary N) is 1. The first-order valence-electron chi connectivity index (χ1n) is 5.77. The van der Waals surface area contributed by atoms with Crippen LogP contribution in [0.1, 0.15) is 39.5 Å². The molecule has 0 aliphatic rings. The summed E-state index contributed by atoms with van der Waals surface area (Å²) in [6, 6.07) is -0.568. The van der Waals surface area contributed by atoms with E-state index in [-0.39, 0.29) is 5.91 Å². The number of rotatable bonds is 8. The highest BCUT2D eigenvalue weighted by atomic mass is 16.5. The Labute approximate surface area is 96.7 Å². The van der Waals surface area contributed by atoms with Gasteiger partial charge in [0.25, 0.3) is 0 Å². The van der Waals surface area contributed by atoms with Gasteiger partial charge < -0.3 is 15.8 Å². The highest BCUT2D eigenvalue weighted by molar-refractivity contribution is 5.84. The second-order valence-corrected chi connectivity index (χ2v) is 3.64. The van der Waals surface area contributed by atoms with Crippen LogP contribution < -0.4 is 11.1 Å². The first kappa shape index (κ1) is 14.9. The van der Waals surface area contributed by atoms with Gasteiger partial charge in [-0.25, -0.2) is 4.79 Å². The Morgan fingerprint density at radius 2 is 2.00 bits per heavy atom. The Hall–Kier alpha value is -1.10. The molecule has 0 rings (SSSR count). The van der Waals surface area contributed by atoms with Crippen molar-refractivity contribution < 1.29 is 14.3 Å². The third-order valence-electron chi connectivity index (χ3n) is 2.13. The minimum Gasteiger partial charge on any atom is -0.464 e. The molecular formula is C11H22N2O3. The van der Waals surface area contributed by atoms with Gasteiger partial charge in [0.2, 0.25) is 5.91 Å². The Morgan fingerprint density at radius 1 is 1.31 bits per heavy atom. The summed E-state index contributed by atoms with van der Waals surface area (Å²) < 4.78 is 4.78. The number of ether oxygens (including phenoxy) is 1. The van der Waals surface area contributed by atoms with Gasteiger partial charge in [0.05, 0.1) is 6.61 Å². The highest BCUT2D eigenvalue weighted by Gasteiger charge is 2.15. The van der Waals surface area contributed by atoms with E-state index in [1.807, 2.05) is 0 Å². The average molecular weight is 230 g/mol. The molecule has 1 unspecified atom stereocenters. The normalized spacial score (nSPS) is 11.9. The molecule has 0 aromatic rings. The molecule has 0 aromatic carbocycles. The van der Waals surface area contributed by atoms with Gasteiger partial charge in [0, 0.05) is 6.42 Å². The lowest BCUT2D eigenvalue weighted by atomic mass is 10.2. The molecule has 3 N–H and O–H groups in total. The zero-order valence-corrected chi connectivity index (χ0v) is 10.1. The van der Waals surface area contributed by atoms with Crippen LogP contribution in [0.2, 0.25) is 0 Å². The maximum atomic E-state index is 11.4. The first-order valence-corrected chi connectivity index (χ1v) is 5.77. The largest absolute Gasteiger partial charge is 0.464 e. The topological polar surface area (TPSA) is 81.4 Å². The Balaban J connectivity index is 3.65. The molecule has 5 heteroatoms. The third-order valence-corrected chi connectivity index (χ3v) is 2.13. The zero-order chi connectivity index (χ0) is 12.4. The zero-order valence-electron chi connectivity index (χ0n) is 10.1. The van der Waals surface area contributed by atoms with Crippen LogP contribution in [-0.4, -0.2) is 31.1 Å². The molecule has 0 spiro atoms. The lowest BCUT2D eigenvalue weighted by molar-refractivity contribution is -0.146. The Kier molecular flexibility index (Phi) is 8.52. The number of hydrogen-bond acceptors (Lipinski definition) is 4. The minimum absolute atomic E-state index is 0.113. The predicted octanol–water partition coefficient (Wildman–Crippen LogP) is 0.573. The van der Waals surface area contributed by atoms with Crippen molar-refractivity contribution in [3.05, 3.63) is 0 Å². The molecule has 0 heterocycles. The highest BCUT2D eigenvalue weighted by Crippen LogP contribution is 1.99. The maximum absolute atomic E-state index is 11.4. The van der Waals surface area contributed by atoms with E-state index in [0.717, 1.165) is 19.3 Å². The van der Waals surface area contributed by atoms with E-state index in [1.54, 1.807) is 13.8 Å². The molecule has 16 heavy (non-hydrogen) atoms. The van der Waals surface area contributed by atoms with Gasteiger partial charge in [-0.2, -0.15) is 0 Å². The van der Waals surface area contributed by atoms with E-state index in [1.165, 1.54) is 0 Å². The Bertz CT molecular complexity index is 219. The van der Waals surface area contributed by atoms with Crippen molar-refractivity contribution in [2.24, 2.45) is 5.73 Å². The van der Waals surface area contributed by atoms with E-state index in [4.69, 9.17) is 10.5 Å². The SMILES string of the molecule is CCOC(=O)C(C)NC(=O)CCCCCN. The minimum atomic E-state index is -0.568. The summed E-state index contributed by atoms with van der Waals surface area (Å²) >= 11 is 0. The fourth-order valence-electron chi connectivity index (χ4n) is 1.25. The number of carbonyl (C=O) groups excluding carboxylic acids is 2. The van der Waals surface area contributed by atoms with Crippen LogP contribution in [0, 0.1) is 0 Å². The number of esters is 1. The standard InChI is InChI=1S/C11H22N2O3/c1-3-16-11(15)9(2)13-10(14)7-5-4-6-8-12/h9H,3-8,12H2,1-2H3,(H,13,14). The molecule has 0 saturated heterocycles. The van der Waals surface area contributed by atoms with E-state index in [2.05, 4.69) is 5.32 Å². The van der Waals surface area contributed by atoms with Crippen LogP contribution in [0.3, 0.4) is 0 Å². The van der Waals surface area contributed by atoms with Crippen LogP contribution in [0.15, 0.2) is 0 Å². The summed E-state index contributed by atoms with van der Waals surface area (Å²) in [6.45, 7) is 4.34. The second kappa shape index (κ2) is 9.15.